The van der Waals surface area contributed by atoms with Crippen molar-refractivity contribution in [2.45, 2.75) is 26.3 Å². The lowest BCUT2D eigenvalue weighted by atomic mass is 10.4. The van der Waals surface area contributed by atoms with Gasteiger partial charge in [-0.15, -0.1) is 0 Å². The van der Waals surface area contributed by atoms with E-state index in [0.717, 1.165) is 0 Å². The Morgan fingerprint density at radius 1 is 1.17 bits per heavy atom. The first-order valence-electron chi connectivity index (χ1n) is 4.06. The van der Waals surface area contributed by atoms with Gasteiger partial charge in [0.1, 0.15) is 0 Å². The summed E-state index contributed by atoms with van der Waals surface area (Å²) in [7, 11) is 0. The molecule has 0 amide bonds. The van der Waals surface area contributed by atoms with Crippen molar-refractivity contribution in [2.75, 3.05) is 13.1 Å². The maximum atomic E-state index is 9.48. The molecule has 1 fully saturated rings. The van der Waals surface area contributed by atoms with Crippen molar-refractivity contribution in [3.63, 3.8) is 0 Å². The third-order valence-corrected chi connectivity index (χ3v) is 2.55. The highest BCUT2D eigenvalue weighted by Crippen LogP contribution is 2.18. The number of hydrogen-bond donors (Lipinski definition) is 2. The molecule has 2 atom stereocenters. The number of hydrogen-bond acceptors (Lipinski definition) is 3. The fraction of sp³-hybridized carbons (Fsp3) is 0.857. The van der Waals surface area contributed by atoms with Gasteiger partial charge in [0.15, 0.2) is 17.6 Å². The minimum Gasteiger partial charge on any atom is -0.369 e. The topological polar surface area (TPSA) is 46.9 Å². The molecule has 0 aromatic rings. The van der Waals surface area contributed by atoms with E-state index in [-0.39, 0.29) is 0 Å². The van der Waals surface area contributed by atoms with Crippen LogP contribution in [0.15, 0.2) is 0 Å². The SMILES string of the molecule is CCN1C(=S)N(CC)C(O)C1O. The highest BCUT2D eigenvalue weighted by Gasteiger charge is 2.39. The molecule has 2 unspecified atom stereocenters. The summed E-state index contributed by atoms with van der Waals surface area (Å²) >= 11 is 5.05. The van der Waals surface area contributed by atoms with E-state index in [4.69, 9.17) is 12.2 Å². The molecule has 1 aliphatic rings. The molecule has 70 valence electrons. The lowest BCUT2D eigenvalue weighted by molar-refractivity contribution is -0.0639. The van der Waals surface area contributed by atoms with E-state index in [0.29, 0.717) is 18.2 Å². The molecule has 1 aliphatic heterocycles. The Bertz CT molecular complexity index is 170. The summed E-state index contributed by atoms with van der Waals surface area (Å²) in [5.41, 5.74) is 0. The number of nitrogens with zero attached hydrogens (tertiary/aromatic N) is 2. The molecule has 0 aromatic heterocycles. The Morgan fingerprint density at radius 2 is 1.50 bits per heavy atom. The number of aliphatic hydroxyl groups excluding tert-OH is 2. The van der Waals surface area contributed by atoms with E-state index in [1.54, 1.807) is 9.80 Å². The van der Waals surface area contributed by atoms with Gasteiger partial charge >= 0.3 is 0 Å². The summed E-state index contributed by atoms with van der Waals surface area (Å²) in [6.07, 6.45) is -1.75. The highest BCUT2D eigenvalue weighted by atomic mass is 32.1. The summed E-state index contributed by atoms with van der Waals surface area (Å²) in [6.45, 7) is 5.02. The second kappa shape index (κ2) is 3.55. The van der Waals surface area contributed by atoms with Crippen molar-refractivity contribution in [1.29, 1.82) is 0 Å². The van der Waals surface area contributed by atoms with E-state index in [1.165, 1.54) is 0 Å². The summed E-state index contributed by atoms with van der Waals surface area (Å²) < 4.78 is 0. The fourth-order valence-corrected chi connectivity index (χ4v) is 1.83. The number of thiocarbonyl (C=S) groups is 1. The number of likely N-dealkylation sites (N-methyl/N-ethyl adjacent to an activating group) is 2. The van der Waals surface area contributed by atoms with Crippen LogP contribution in [0.25, 0.3) is 0 Å². The molecular formula is C7H14N2O2S. The first-order valence-corrected chi connectivity index (χ1v) is 4.47. The molecule has 0 radical (unpaired) electrons. The van der Waals surface area contributed by atoms with E-state index in [1.807, 2.05) is 13.8 Å². The van der Waals surface area contributed by atoms with Crippen molar-refractivity contribution >= 4 is 17.3 Å². The Labute approximate surface area is 77.4 Å². The normalized spacial score (nSPS) is 30.2. The molecule has 1 heterocycles. The van der Waals surface area contributed by atoms with Gasteiger partial charge in [-0.2, -0.15) is 0 Å². The molecule has 0 saturated carbocycles. The quantitative estimate of drug-likeness (QED) is 0.578. The van der Waals surface area contributed by atoms with Crippen LogP contribution in [0.4, 0.5) is 0 Å². The second-order valence-corrected chi connectivity index (χ2v) is 3.05. The van der Waals surface area contributed by atoms with Gasteiger partial charge in [-0.25, -0.2) is 0 Å². The smallest absolute Gasteiger partial charge is 0.175 e. The minimum absolute atomic E-state index is 0.528. The second-order valence-electron chi connectivity index (χ2n) is 2.68. The van der Waals surface area contributed by atoms with Crippen LogP contribution in [-0.4, -0.2) is 50.7 Å². The molecule has 0 spiro atoms. The average molecular weight is 190 g/mol. The van der Waals surface area contributed by atoms with Crippen LogP contribution in [0.2, 0.25) is 0 Å². The van der Waals surface area contributed by atoms with Crippen LogP contribution in [0, 0.1) is 0 Å². The van der Waals surface area contributed by atoms with Crippen LogP contribution in [0.5, 0.6) is 0 Å². The molecule has 0 aromatic carbocycles. The number of aliphatic hydroxyl groups is 2. The molecular weight excluding hydrogens is 176 g/mol. The average Bonchev–Trinajstić information content (AvgIpc) is 2.25. The van der Waals surface area contributed by atoms with Crippen LogP contribution >= 0.6 is 12.2 Å². The molecule has 2 N–H and O–H groups in total. The molecule has 0 bridgehead atoms. The van der Waals surface area contributed by atoms with Gasteiger partial charge < -0.3 is 20.0 Å². The Kier molecular flexibility index (Phi) is 2.87. The van der Waals surface area contributed by atoms with E-state index in [2.05, 4.69) is 0 Å². The van der Waals surface area contributed by atoms with Crippen LogP contribution < -0.4 is 0 Å². The Hall–Kier alpha value is -0.390. The Morgan fingerprint density at radius 3 is 1.67 bits per heavy atom. The van der Waals surface area contributed by atoms with Crippen LogP contribution in [-0.2, 0) is 0 Å². The van der Waals surface area contributed by atoms with E-state index >= 15 is 0 Å². The molecule has 1 saturated heterocycles. The van der Waals surface area contributed by atoms with Crippen molar-refractivity contribution in [2.24, 2.45) is 0 Å². The monoisotopic (exact) mass is 190 g/mol. The summed E-state index contributed by atoms with van der Waals surface area (Å²) in [4.78, 5) is 3.20. The van der Waals surface area contributed by atoms with Crippen LogP contribution in [0.1, 0.15) is 13.8 Å². The van der Waals surface area contributed by atoms with Crippen molar-refractivity contribution in [1.82, 2.24) is 9.80 Å². The summed E-state index contributed by atoms with van der Waals surface area (Å²) in [6, 6.07) is 0. The lowest BCUT2D eigenvalue weighted by Gasteiger charge is -2.19. The van der Waals surface area contributed by atoms with Gasteiger partial charge in [0, 0.05) is 13.1 Å². The van der Waals surface area contributed by atoms with Gasteiger partial charge in [0.25, 0.3) is 0 Å². The first-order chi connectivity index (χ1) is 5.63. The largest absolute Gasteiger partial charge is 0.369 e. The van der Waals surface area contributed by atoms with Gasteiger partial charge in [0.05, 0.1) is 0 Å². The lowest BCUT2D eigenvalue weighted by Crippen LogP contribution is -2.36. The third-order valence-electron chi connectivity index (χ3n) is 2.08. The van der Waals surface area contributed by atoms with Gasteiger partial charge in [-0.3, -0.25) is 0 Å². The maximum absolute atomic E-state index is 9.48. The van der Waals surface area contributed by atoms with Crippen molar-refractivity contribution < 1.29 is 10.2 Å². The standard InChI is InChI=1S/C7H14N2O2S/c1-3-8-5(10)6(11)9(4-2)7(8)12/h5-6,10-11H,3-4H2,1-2H3. The molecule has 0 aliphatic carbocycles. The van der Waals surface area contributed by atoms with Crippen molar-refractivity contribution in [3.05, 3.63) is 0 Å². The van der Waals surface area contributed by atoms with Crippen molar-refractivity contribution in [3.8, 4) is 0 Å². The fourth-order valence-electron chi connectivity index (χ4n) is 1.36. The van der Waals surface area contributed by atoms with Gasteiger partial charge in [-0.1, -0.05) is 0 Å². The zero-order valence-corrected chi connectivity index (χ0v) is 8.08. The highest BCUT2D eigenvalue weighted by molar-refractivity contribution is 7.80. The molecule has 5 heteroatoms. The third kappa shape index (κ3) is 1.28. The minimum atomic E-state index is -0.873. The van der Waals surface area contributed by atoms with E-state index < -0.39 is 12.5 Å². The predicted molar refractivity (Wildman–Crippen MR) is 49.4 cm³/mol. The zero-order chi connectivity index (χ0) is 9.30. The van der Waals surface area contributed by atoms with Crippen LogP contribution in [0.3, 0.4) is 0 Å². The summed E-state index contributed by atoms with van der Waals surface area (Å²) in [5.74, 6) is 0. The first kappa shape index (κ1) is 9.70. The Balaban J connectivity index is 2.78. The number of rotatable bonds is 2. The zero-order valence-electron chi connectivity index (χ0n) is 7.27. The molecule has 4 nitrogen and oxygen atoms in total. The van der Waals surface area contributed by atoms with Gasteiger partial charge in [0.2, 0.25) is 0 Å². The predicted octanol–water partition coefficient (Wildman–Crippen LogP) is -0.434. The summed E-state index contributed by atoms with van der Waals surface area (Å²) in [5, 5.41) is 19.5. The van der Waals surface area contributed by atoms with Gasteiger partial charge in [-0.05, 0) is 26.1 Å². The molecule has 1 rings (SSSR count). The van der Waals surface area contributed by atoms with E-state index in [9.17, 15) is 10.2 Å². The molecule has 12 heavy (non-hydrogen) atoms. The maximum Gasteiger partial charge on any atom is 0.175 e.